The second-order valence-corrected chi connectivity index (χ2v) is 6.99. The lowest BCUT2D eigenvalue weighted by molar-refractivity contribution is -0.152. The molecule has 0 spiro atoms. The highest BCUT2D eigenvalue weighted by Gasteiger charge is 2.41. The highest BCUT2D eigenvalue weighted by Crippen LogP contribution is 2.35. The lowest BCUT2D eigenvalue weighted by Crippen LogP contribution is -2.47. The Labute approximate surface area is 129 Å². The number of thiazole rings is 1. The van der Waals surface area contributed by atoms with Gasteiger partial charge in [0.25, 0.3) is 0 Å². The first-order valence-corrected chi connectivity index (χ1v) is 7.97. The summed E-state index contributed by atoms with van der Waals surface area (Å²) < 4.78 is 0. The number of likely N-dealkylation sites (tertiary alicyclic amines) is 1. The molecule has 1 fully saturated rings. The van der Waals surface area contributed by atoms with Crippen molar-refractivity contribution in [1.29, 1.82) is 0 Å². The standard InChI is InChI=1S/C15H23N3O2S/c1-4-6-15(13(19)20)7-5-8-18(11-15)10-12-9-16-14(21-12)17(2)3/h4,9H,1,5-8,10-11H2,2-3H3,(H,19,20)/t15-/m0/s1. The first kappa shape index (κ1) is 16.0. The van der Waals surface area contributed by atoms with E-state index in [4.69, 9.17) is 0 Å². The molecule has 21 heavy (non-hydrogen) atoms. The SMILES string of the molecule is C=CC[C@]1(C(=O)O)CCCN(Cc2cnc(N(C)C)s2)C1. The van der Waals surface area contributed by atoms with Crippen LogP contribution in [0.15, 0.2) is 18.9 Å². The van der Waals surface area contributed by atoms with E-state index in [9.17, 15) is 9.90 Å². The molecule has 0 unspecified atom stereocenters. The maximum atomic E-state index is 11.7. The van der Waals surface area contributed by atoms with Gasteiger partial charge in [-0.1, -0.05) is 6.08 Å². The van der Waals surface area contributed by atoms with Gasteiger partial charge in [-0.15, -0.1) is 17.9 Å². The van der Waals surface area contributed by atoms with E-state index in [1.807, 2.05) is 25.2 Å². The first-order chi connectivity index (χ1) is 9.97. The van der Waals surface area contributed by atoms with Crippen molar-refractivity contribution in [2.24, 2.45) is 5.41 Å². The molecule has 1 aromatic heterocycles. The van der Waals surface area contributed by atoms with E-state index in [1.165, 1.54) is 4.88 Å². The maximum Gasteiger partial charge on any atom is 0.311 e. The van der Waals surface area contributed by atoms with Crippen LogP contribution >= 0.6 is 11.3 Å². The van der Waals surface area contributed by atoms with Gasteiger partial charge < -0.3 is 10.0 Å². The number of hydrogen-bond acceptors (Lipinski definition) is 5. The van der Waals surface area contributed by atoms with Crippen molar-refractivity contribution in [1.82, 2.24) is 9.88 Å². The molecule has 1 saturated heterocycles. The van der Waals surface area contributed by atoms with Gasteiger partial charge in [-0.25, -0.2) is 4.98 Å². The summed E-state index contributed by atoms with van der Waals surface area (Å²) in [7, 11) is 3.95. The van der Waals surface area contributed by atoms with E-state index in [2.05, 4.69) is 16.5 Å². The monoisotopic (exact) mass is 309 g/mol. The summed E-state index contributed by atoms with van der Waals surface area (Å²) in [5, 5.41) is 10.6. The first-order valence-electron chi connectivity index (χ1n) is 7.15. The minimum atomic E-state index is -0.703. The Morgan fingerprint density at radius 2 is 2.43 bits per heavy atom. The van der Waals surface area contributed by atoms with E-state index in [-0.39, 0.29) is 0 Å². The number of carbonyl (C=O) groups is 1. The van der Waals surface area contributed by atoms with Crippen LogP contribution in [0, 0.1) is 5.41 Å². The molecule has 0 radical (unpaired) electrons. The fourth-order valence-corrected chi connectivity index (χ4v) is 3.74. The van der Waals surface area contributed by atoms with Gasteiger partial charge in [-0.05, 0) is 25.8 Å². The average molecular weight is 309 g/mol. The van der Waals surface area contributed by atoms with Crippen molar-refractivity contribution in [3.63, 3.8) is 0 Å². The van der Waals surface area contributed by atoms with E-state index < -0.39 is 11.4 Å². The molecule has 0 aliphatic carbocycles. The van der Waals surface area contributed by atoms with E-state index in [0.717, 1.165) is 31.1 Å². The molecule has 2 heterocycles. The Morgan fingerprint density at radius 3 is 3.00 bits per heavy atom. The molecule has 0 aromatic carbocycles. The Balaban J connectivity index is 2.06. The topological polar surface area (TPSA) is 56.7 Å². The van der Waals surface area contributed by atoms with Crippen LogP contribution < -0.4 is 4.90 Å². The summed E-state index contributed by atoms with van der Waals surface area (Å²) in [6.07, 6.45) is 5.81. The lowest BCUT2D eigenvalue weighted by Gasteiger charge is -2.39. The second-order valence-electron chi connectivity index (χ2n) is 5.90. The number of nitrogens with zero attached hydrogens (tertiary/aromatic N) is 3. The minimum absolute atomic E-state index is 0.532. The third kappa shape index (κ3) is 3.63. The van der Waals surface area contributed by atoms with Crippen molar-refractivity contribution in [2.45, 2.75) is 25.8 Å². The third-order valence-electron chi connectivity index (χ3n) is 3.95. The Bertz CT molecular complexity index is 515. The Kier molecular flexibility index (Phi) is 5.00. The Morgan fingerprint density at radius 1 is 1.67 bits per heavy atom. The van der Waals surface area contributed by atoms with Crippen LogP contribution in [0.1, 0.15) is 24.1 Å². The fraction of sp³-hybridized carbons (Fsp3) is 0.600. The maximum absolute atomic E-state index is 11.7. The summed E-state index contributed by atoms with van der Waals surface area (Å²) in [6.45, 7) is 6.03. The highest BCUT2D eigenvalue weighted by atomic mass is 32.1. The molecule has 2 rings (SSSR count). The minimum Gasteiger partial charge on any atom is -0.481 e. The second kappa shape index (κ2) is 6.58. The van der Waals surface area contributed by atoms with Crippen molar-refractivity contribution in [2.75, 3.05) is 32.1 Å². The Hall–Kier alpha value is -1.40. The zero-order valence-corrected chi connectivity index (χ0v) is 13.5. The average Bonchev–Trinajstić information content (AvgIpc) is 2.88. The molecule has 116 valence electrons. The summed E-state index contributed by atoms with van der Waals surface area (Å²) in [6, 6.07) is 0. The van der Waals surface area contributed by atoms with Crippen LogP contribution in [0.5, 0.6) is 0 Å². The van der Waals surface area contributed by atoms with E-state index >= 15 is 0 Å². The molecule has 0 bridgehead atoms. The number of hydrogen-bond donors (Lipinski definition) is 1. The molecule has 1 N–H and O–H groups in total. The molecule has 1 aliphatic heterocycles. The van der Waals surface area contributed by atoms with Gasteiger partial charge in [0, 0.05) is 38.3 Å². The highest BCUT2D eigenvalue weighted by molar-refractivity contribution is 7.15. The van der Waals surface area contributed by atoms with Crippen LogP contribution in [-0.4, -0.2) is 48.1 Å². The number of aromatic nitrogens is 1. The van der Waals surface area contributed by atoms with E-state index in [1.54, 1.807) is 17.4 Å². The van der Waals surface area contributed by atoms with Gasteiger partial charge in [-0.3, -0.25) is 9.69 Å². The van der Waals surface area contributed by atoms with Crippen molar-refractivity contribution < 1.29 is 9.90 Å². The quantitative estimate of drug-likeness (QED) is 0.818. The van der Waals surface area contributed by atoms with Gasteiger partial charge in [0.05, 0.1) is 5.41 Å². The van der Waals surface area contributed by atoms with E-state index in [0.29, 0.717) is 13.0 Å². The molecule has 6 heteroatoms. The normalized spacial score (nSPS) is 23.0. The molecule has 1 aliphatic rings. The number of allylic oxidation sites excluding steroid dienone is 1. The number of carboxylic acids is 1. The smallest absolute Gasteiger partial charge is 0.311 e. The number of anilines is 1. The van der Waals surface area contributed by atoms with Crippen LogP contribution in [0.4, 0.5) is 5.13 Å². The third-order valence-corrected chi connectivity index (χ3v) is 5.10. The largest absolute Gasteiger partial charge is 0.481 e. The van der Waals surface area contributed by atoms with Gasteiger partial charge in [0.1, 0.15) is 0 Å². The molecule has 0 amide bonds. The van der Waals surface area contributed by atoms with Gasteiger partial charge in [0.15, 0.2) is 5.13 Å². The van der Waals surface area contributed by atoms with Gasteiger partial charge in [0.2, 0.25) is 0 Å². The number of piperidine rings is 1. The predicted octanol–water partition coefficient (Wildman–Crippen LogP) is 2.45. The van der Waals surface area contributed by atoms with Gasteiger partial charge >= 0.3 is 5.97 Å². The number of rotatable bonds is 6. The van der Waals surface area contributed by atoms with Crippen LogP contribution in [0.3, 0.4) is 0 Å². The molecule has 0 saturated carbocycles. The fourth-order valence-electron chi connectivity index (χ4n) is 2.86. The van der Waals surface area contributed by atoms with Crippen molar-refractivity contribution >= 4 is 22.4 Å². The summed E-state index contributed by atoms with van der Waals surface area (Å²) in [4.78, 5) is 21.4. The molecular formula is C15H23N3O2S. The van der Waals surface area contributed by atoms with Crippen LogP contribution in [0.2, 0.25) is 0 Å². The number of carboxylic acid groups (broad SMARTS) is 1. The summed E-state index contributed by atoms with van der Waals surface area (Å²) in [5.74, 6) is -0.703. The lowest BCUT2D eigenvalue weighted by atomic mass is 9.77. The van der Waals surface area contributed by atoms with Crippen LogP contribution in [-0.2, 0) is 11.3 Å². The van der Waals surface area contributed by atoms with Crippen molar-refractivity contribution in [3.05, 3.63) is 23.7 Å². The molecule has 5 nitrogen and oxygen atoms in total. The van der Waals surface area contributed by atoms with Crippen molar-refractivity contribution in [3.8, 4) is 0 Å². The summed E-state index contributed by atoms with van der Waals surface area (Å²) in [5.41, 5.74) is -0.672. The molecular weight excluding hydrogens is 286 g/mol. The van der Waals surface area contributed by atoms with Crippen LogP contribution in [0.25, 0.3) is 0 Å². The number of aliphatic carboxylic acids is 1. The predicted molar refractivity (Wildman–Crippen MR) is 85.8 cm³/mol. The molecule has 1 atom stereocenters. The zero-order chi connectivity index (χ0) is 15.5. The summed E-state index contributed by atoms with van der Waals surface area (Å²) >= 11 is 1.66. The zero-order valence-electron chi connectivity index (χ0n) is 12.7. The van der Waals surface area contributed by atoms with Gasteiger partial charge in [-0.2, -0.15) is 0 Å². The molecule has 1 aromatic rings.